The lowest BCUT2D eigenvalue weighted by atomic mass is 9.81. The zero-order chi connectivity index (χ0) is 7.42. The third-order valence-electron chi connectivity index (χ3n) is 3.79. The summed E-state index contributed by atoms with van der Waals surface area (Å²) in [4.78, 5) is 11.4. The summed E-state index contributed by atoms with van der Waals surface area (Å²) in [5, 5.41) is 0. The first kappa shape index (κ1) is 5.99. The maximum Gasteiger partial charge on any atom is 0.159 e. The predicted octanol–water partition coefficient (Wildman–Crippen LogP) is 1.79. The van der Waals surface area contributed by atoms with E-state index in [1.807, 2.05) is 6.08 Å². The quantitative estimate of drug-likeness (QED) is 0.512. The first-order valence-electron chi connectivity index (χ1n) is 4.58. The molecule has 58 valence electrons. The van der Waals surface area contributed by atoms with Crippen LogP contribution >= 0.6 is 0 Å². The minimum Gasteiger partial charge on any atom is -0.295 e. The van der Waals surface area contributed by atoms with Crippen LogP contribution in [0.5, 0.6) is 0 Å². The monoisotopic (exact) mass is 148 g/mol. The summed E-state index contributed by atoms with van der Waals surface area (Å²) in [6, 6.07) is 0. The molecule has 0 saturated heterocycles. The van der Waals surface area contributed by atoms with Crippen molar-refractivity contribution in [2.24, 2.45) is 23.7 Å². The Morgan fingerprint density at radius 1 is 1.27 bits per heavy atom. The van der Waals surface area contributed by atoms with Crippen LogP contribution in [0.15, 0.2) is 12.2 Å². The summed E-state index contributed by atoms with van der Waals surface area (Å²) < 4.78 is 0. The average Bonchev–Trinajstić information content (AvgIpc) is 2.60. The van der Waals surface area contributed by atoms with E-state index in [2.05, 4.69) is 6.08 Å². The predicted molar refractivity (Wildman–Crippen MR) is 42.0 cm³/mol. The second-order valence-corrected chi connectivity index (χ2v) is 4.20. The lowest BCUT2D eigenvalue weighted by Crippen LogP contribution is -2.22. The van der Waals surface area contributed by atoms with E-state index in [4.69, 9.17) is 0 Å². The van der Waals surface area contributed by atoms with Gasteiger partial charge in [0.25, 0.3) is 0 Å². The van der Waals surface area contributed by atoms with Crippen LogP contribution in [0, 0.1) is 23.7 Å². The molecule has 0 heterocycles. The van der Waals surface area contributed by atoms with Crippen molar-refractivity contribution in [1.29, 1.82) is 0 Å². The van der Waals surface area contributed by atoms with Crippen LogP contribution in [0.25, 0.3) is 0 Å². The van der Waals surface area contributed by atoms with E-state index in [-0.39, 0.29) is 0 Å². The highest BCUT2D eigenvalue weighted by Gasteiger charge is 2.50. The summed E-state index contributed by atoms with van der Waals surface area (Å²) in [6.07, 6.45) is 8.02. The average molecular weight is 148 g/mol. The largest absolute Gasteiger partial charge is 0.295 e. The fourth-order valence-corrected chi connectivity index (χ4v) is 3.35. The SMILES string of the molecule is O=C1C=C[C@@H]2[C@H]3CC[C@H](C3)[C@H]12. The van der Waals surface area contributed by atoms with Crippen molar-refractivity contribution in [3.8, 4) is 0 Å². The molecule has 0 unspecified atom stereocenters. The molecule has 2 bridgehead atoms. The van der Waals surface area contributed by atoms with E-state index in [1.165, 1.54) is 19.3 Å². The normalized spacial score (nSPS) is 52.2. The molecular formula is C10H12O. The van der Waals surface area contributed by atoms with Crippen LogP contribution in [0.4, 0.5) is 0 Å². The molecule has 2 fully saturated rings. The topological polar surface area (TPSA) is 17.1 Å². The Labute approximate surface area is 66.5 Å². The second kappa shape index (κ2) is 1.77. The van der Waals surface area contributed by atoms with Gasteiger partial charge in [0.05, 0.1) is 0 Å². The Kier molecular flexibility index (Phi) is 0.961. The van der Waals surface area contributed by atoms with Gasteiger partial charge in [-0.05, 0) is 43.1 Å². The van der Waals surface area contributed by atoms with Crippen LogP contribution in [0.2, 0.25) is 0 Å². The Morgan fingerprint density at radius 3 is 2.91 bits per heavy atom. The lowest BCUT2D eigenvalue weighted by Gasteiger charge is -2.22. The molecule has 0 amide bonds. The van der Waals surface area contributed by atoms with Gasteiger partial charge in [-0.15, -0.1) is 0 Å². The molecule has 11 heavy (non-hydrogen) atoms. The van der Waals surface area contributed by atoms with Crippen LogP contribution in [0.1, 0.15) is 19.3 Å². The summed E-state index contributed by atoms with van der Waals surface area (Å²) in [6.45, 7) is 0. The fourth-order valence-electron chi connectivity index (χ4n) is 3.35. The number of carbonyl (C=O) groups excluding carboxylic acids is 1. The molecule has 1 heteroatoms. The smallest absolute Gasteiger partial charge is 0.159 e. The van der Waals surface area contributed by atoms with Crippen molar-refractivity contribution >= 4 is 5.78 Å². The highest BCUT2D eigenvalue weighted by atomic mass is 16.1. The molecule has 0 radical (unpaired) electrons. The van der Waals surface area contributed by atoms with E-state index in [0.29, 0.717) is 17.6 Å². The third-order valence-corrected chi connectivity index (χ3v) is 3.79. The Balaban J connectivity index is 2.02. The number of hydrogen-bond donors (Lipinski definition) is 0. The van der Waals surface area contributed by atoms with Gasteiger partial charge >= 0.3 is 0 Å². The molecule has 0 aliphatic heterocycles. The molecule has 0 aromatic rings. The molecule has 0 spiro atoms. The number of allylic oxidation sites excluding steroid dienone is 2. The minimum atomic E-state index is 0.419. The minimum absolute atomic E-state index is 0.419. The Hall–Kier alpha value is -0.590. The lowest BCUT2D eigenvalue weighted by molar-refractivity contribution is -0.119. The van der Waals surface area contributed by atoms with Crippen molar-refractivity contribution in [3.63, 3.8) is 0 Å². The van der Waals surface area contributed by atoms with E-state index >= 15 is 0 Å². The molecule has 3 aliphatic rings. The summed E-state index contributed by atoms with van der Waals surface area (Å²) in [7, 11) is 0. The van der Waals surface area contributed by atoms with Crippen LogP contribution in [-0.2, 0) is 4.79 Å². The standard InChI is InChI=1S/C10H12O/c11-9-4-3-8-6-1-2-7(5-6)10(8)9/h3-4,6-8,10H,1-2,5H2/t6-,7+,8+,10-/m0/s1. The van der Waals surface area contributed by atoms with Gasteiger partial charge < -0.3 is 0 Å². The van der Waals surface area contributed by atoms with E-state index in [0.717, 1.165) is 11.8 Å². The van der Waals surface area contributed by atoms with Gasteiger partial charge in [-0.1, -0.05) is 6.08 Å². The van der Waals surface area contributed by atoms with Gasteiger partial charge in [-0.25, -0.2) is 0 Å². The highest BCUT2D eigenvalue weighted by Crippen LogP contribution is 2.55. The van der Waals surface area contributed by atoms with Gasteiger partial charge in [0.15, 0.2) is 5.78 Å². The van der Waals surface area contributed by atoms with E-state index < -0.39 is 0 Å². The molecule has 1 nitrogen and oxygen atoms in total. The molecular weight excluding hydrogens is 136 g/mol. The van der Waals surface area contributed by atoms with Gasteiger partial charge in [-0.3, -0.25) is 4.79 Å². The molecule has 4 atom stereocenters. The van der Waals surface area contributed by atoms with Crippen LogP contribution in [0.3, 0.4) is 0 Å². The first-order chi connectivity index (χ1) is 5.36. The Morgan fingerprint density at radius 2 is 2.09 bits per heavy atom. The molecule has 0 aromatic heterocycles. The summed E-state index contributed by atoms with van der Waals surface area (Å²) in [5.41, 5.74) is 0. The third kappa shape index (κ3) is 0.597. The second-order valence-electron chi connectivity index (χ2n) is 4.20. The fraction of sp³-hybridized carbons (Fsp3) is 0.700. The first-order valence-corrected chi connectivity index (χ1v) is 4.58. The van der Waals surface area contributed by atoms with Crippen molar-refractivity contribution in [1.82, 2.24) is 0 Å². The van der Waals surface area contributed by atoms with Gasteiger partial charge in [0.2, 0.25) is 0 Å². The van der Waals surface area contributed by atoms with Gasteiger partial charge in [0, 0.05) is 5.92 Å². The maximum atomic E-state index is 11.4. The van der Waals surface area contributed by atoms with Gasteiger partial charge in [0.1, 0.15) is 0 Å². The number of fused-ring (bicyclic) bond motifs is 5. The maximum absolute atomic E-state index is 11.4. The van der Waals surface area contributed by atoms with Crippen LogP contribution < -0.4 is 0 Å². The van der Waals surface area contributed by atoms with Crippen molar-refractivity contribution in [2.45, 2.75) is 19.3 Å². The zero-order valence-corrected chi connectivity index (χ0v) is 6.49. The van der Waals surface area contributed by atoms with Gasteiger partial charge in [-0.2, -0.15) is 0 Å². The van der Waals surface area contributed by atoms with Crippen molar-refractivity contribution in [2.75, 3.05) is 0 Å². The summed E-state index contributed by atoms with van der Waals surface area (Å²) >= 11 is 0. The summed E-state index contributed by atoms with van der Waals surface area (Å²) in [5.74, 6) is 3.12. The molecule has 3 rings (SSSR count). The van der Waals surface area contributed by atoms with Crippen molar-refractivity contribution < 1.29 is 4.79 Å². The molecule has 2 saturated carbocycles. The number of hydrogen-bond acceptors (Lipinski definition) is 1. The number of carbonyl (C=O) groups is 1. The number of ketones is 1. The number of rotatable bonds is 0. The highest BCUT2D eigenvalue weighted by molar-refractivity contribution is 5.95. The molecule has 0 N–H and O–H groups in total. The molecule has 3 aliphatic carbocycles. The molecule has 0 aromatic carbocycles. The zero-order valence-electron chi connectivity index (χ0n) is 6.49. The van der Waals surface area contributed by atoms with Crippen molar-refractivity contribution in [3.05, 3.63) is 12.2 Å². The van der Waals surface area contributed by atoms with E-state index in [1.54, 1.807) is 0 Å². The van der Waals surface area contributed by atoms with Crippen LogP contribution in [-0.4, -0.2) is 5.78 Å². The Bertz CT molecular complexity index is 241. The van der Waals surface area contributed by atoms with E-state index in [9.17, 15) is 4.79 Å².